The van der Waals surface area contributed by atoms with E-state index in [0.29, 0.717) is 6.04 Å². The van der Waals surface area contributed by atoms with Crippen molar-refractivity contribution in [3.8, 4) is 0 Å². The van der Waals surface area contributed by atoms with Crippen LogP contribution < -0.4 is 5.32 Å². The smallest absolute Gasteiger partial charge is 0.0197 e. The Morgan fingerprint density at radius 1 is 1.46 bits per heavy atom. The largest absolute Gasteiger partial charge is 0.318 e. The van der Waals surface area contributed by atoms with Crippen molar-refractivity contribution < 1.29 is 0 Å². The molecule has 0 aliphatic carbocycles. The SMILES string of the molecule is CCC1CCC(C)N1C(C)CNC. The van der Waals surface area contributed by atoms with Crippen molar-refractivity contribution in [2.45, 2.75) is 58.2 Å². The Labute approximate surface area is 82.7 Å². The summed E-state index contributed by atoms with van der Waals surface area (Å²) in [4.78, 5) is 2.69. The van der Waals surface area contributed by atoms with Crippen molar-refractivity contribution in [2.24, 2.45) is 0 Å². The molecule has 0 aromatic carbocycles. The van der Waals surface area contributed by atoms with Gasteiger partial charge < -0.3 is 5.32 Å². The zero-order chi connectivity index (χ0) is 9.84. The summed E-state index contributed by atoms with van der Waals surface area (Å²) in [5, 5.41) is 3.27. The molecular formula is C11H24N2. The summed E-state index contributed by atoms with van der Waals surface area (Å²) in [7, 11) is 2.04. The topological polar surface area (TPSA) is 15.3 Å². The maximum atomic E-state index is 3.27. The third-order valence-electron chi connectivity index (χ3n) is 3.33. The van der Waals surface area contributed by atoms with Crippen molar-refractivity contribution in [2.75, 3.05) is 13.6 Å². The molecular weight excluding hydrogens is 160 g/mol. The number of rotatable bonds is 4. The van der Waals surface area contributed by atoms with Gasteiger partial charge in [-0.05, 0) is 40.2 Å². The molecule has 0 amide bonds. The zero-order valence-corrected chi connectivity index (χ0v) is 9.51. The number of nitrogens with one attached hydrogen (secondary N) is 1. The van der Waals surface area contributed by atoms with Gasteiger partial charge in [-0.25, -0.2) is 0 Å². The lowest BCUT2D eigenvalue weighted by atomic mass is 10.1. The first-order valence-corrected chi connectivity index (χ1v) is 5.62. The minimum atomic E-state index is 0.687. The molecule has 13 heavy (non-hydrogen) atoms. The van der Waals surface area contributed by atoms with Crippen molar-refractivity contribution in [1.29, 1.82) is 0 Å². The molecule has 3 atom stereocenters. The molecule has 1 aliphatic rings. The van der Waals surface area contributed by atoms with E-state index in [1.54, 1.807) is 0 Å². The average Bonchev–Trinajstić information content (AvgIpc) is 2.47. The van der Waals surface area contributed by atoms with E-state index < -0.39 is 0 Å². The standard InChI is InChI=1S/C11H24N2/c1-5-11-7-6-9(2)13(11)10(3)8-12-4/h9-12H,5-8H2,1-4H3. The molecule has 1 rings (SSSR count). The van der Waals surface area contributed by atoms with E-state index in [4.69, 9.17) is 0 Å². The molecule has 0 radical (unpaired) electrons. The van der Waals surface area contributed by atoms with Crippen LogP contribution in [0, 0.1) is 0 Å². The molecule has 2 nitrogen and oxygen atoms in total. The summed E-state index contributed by atoms with van der Waals surface area (Å²) in [6.07, 6.45) is 4.08. The van der Waals surface area contributed by atoms with Crippen LogP contribution in [-0.2, 0) is 0 Å². The van der Waals surface area contributed by atoms with Gasteiger partial charge in [-0.2, -0.15) is 0 Å². The maximum Gasteiger partial charge on any atom is 0.0197 e. The van der Waals surface area contributed by atoms with Crippen LogP contribution in [0.2, 0.25) is 0 Å². The normalized spacial score (nSPS) is 32.3. The molecule has 0 aromatic rings. The van der Waals surface area contributed by atoms with Gasteiger partial charge in [0.05, 0.1) is 0 Å². The fourth-order valence-electron chi connectivity index (χ4n) is 2.70. The summed E-state index contributed by atoms with van der Waals surface area (Å²) < 4.78 is 0. The van der Waals surface area contributed by atoms with E-state index in [1.807, 2.05) is 7.05 Å². The van der Waals surface area contributed by atoms with E-state index in [2.05, 4.69) is 31.0 Å². The maximum absolute atomic E-state index is 3.27. The highest BCUT2D eigenvalue weighted by Gasteiger charge is 2.32. The summed E-state index contributed by atoms with van der Waals surface area (Å²) in [5.41, 5.74) is 0. The molecule has 2 heteroatoms. The first-order valence-electron chi connectivity index (χ1n) is 5.62. The van der Waals surface area contributed by atoms with Crippen LogP contribution in [0.3, 0.4) is 0 Å². The number of hydrogen-bond donors (Lipinski definition) is 1. The lowest BCUT2D eigenvalue weighted by Gasteiger charge is -2.33. The number of nitrogens with zero attached hydrogens (tertiary/aromatic N) is 1. The Hall–Kier alpha value is -0.0800. The van der Waals surface area contributed by atoms with Gasteiger partial charge in [-0.3, -0.25) is 4.90 Å². The number of likely N-dealkylation sites (N-methyl/N-ethyl adjacent to an activating group) is 1. The molecule has 1 aliphatic heterocycles. The monoisotopic (exact) mass is 184 g/mol. The van der Waals surface area contributed by atoms with E-state index >= 15 is 0 Å². The second kappa shape index (κ2) is 4.97. The van der Waals surface area contributed by atoms with Gasteiger partial charge in [0.2, 0.25) is 0 Å². The second-order valence-electron chi connectivity index (χ2n) is 4.34. The fourth-order valence-corrected chi connectivity index (χ4v) is 2.70. The molecule has 78 valence electrons. The van der Waals surface area contributed by atoms with E-state index in [0.717, 1.165) is 18.6 Å². The van der Waals surface area contributed by atoms with Crippen molar-refractivity contribution in [3.05, 3.63) is 0 Å². The summed E-state index contributed by atoms with van der Waals surface area (Å²) >= 11 is 0. The van der Waals surface area contributed by atoms with Crippen LogP contribution in [0.25, 0.3) is 0 Å². The quantitative estimate of drug-likeness (QED) is 0.717. The molecule has 0 aromatic heterocycles. The van der Waals surface area contributed by atoms with Gasteiger partial charge in [0.15, 0.2) is 0 Å². The van der Waals surface area contributed by atoms with E-state index in [1.165, 1.54) is 19.3 Å². The molecule has 1 heterocycles. The summed E-state index contributed by atoms with van der Waals surface area (Å²) in [6, 6.07) is 2.30. The van der Waals surface area contributed by atoms with Gasteiger partial charge in [0.1, 0.15) is 0 Å². The minimum Gasteiger partial charge on any atom is -0.318 e. The Bertz CT molecular complexity index is 147. The van der Waals surface area contributed by atoms with Crippen LogP contribution in [0.5, 0.6) is 0 Å². The Balaban J connectivity index is 2.52. The first-order chi connectivity index (χ1) is 6.20. The van der Waals surface area contributed by atoms with Crippen LogP contribution in [0.15, 0.2) is 0 Å². The average molecular weight is 184 g/mol. The van der Waals surface area contributed by atoms with Crippen LogP contribution in [0.4, 0.5) is 0 Å². The van der Waals surface area contributed by atoms with Gasteiger partial charge in [-0.15, -0.1) is 0 Å². The van der Waals surface area contributed by atoms with Crippen LogP contribution in [-0.4, -0.2) is 36.6 Å². The number of likely N-dealkylation sites (tertiary alicyclic amines) is 1. The highest BCUT2D eigenvalue weighted by molar-refractivity contribution is 4.88. The molecule has 0 bridgehead atoms. The predicted molar refractivity (Wildman–Crippen MR) is 58.0 cm³/mol. The molecule has 3 unspecified atom stereocenters. The molecule has 1 saturated heterocycles. The molecule has 1 N–H and O–H groups in total. The molecule has 1 fully saturated rings. The van der Waals surface area contributed by atoms with Gasteiger partial charge in [-0.1, -0.05) is 6.92 Å². The zero-order valence-electron chi connectivity index (χ0n) is 9.51. The van der Waals surface area contributed by atoms with Crippen molar-refractivity contribution in [1.82, 2.24) is 10.2 Å². The minimum absolute atomic E-state index is 0.687. The van der Waals surface area contributed by atoms with Crippen molar-refractivity contribution >= 4 is 0 Å². The van der Waals surface area contributed by atoms with Crippen LogP contribution in [0.1, 0.15) is 40.0 Å². The lowest BCUT2D eigenvalue weighted by Crippen LogP contribution is -2.45. The Kier molecular flexibility index (Phi) is 4.20. The van der Waals surface area contributed by atoms with Gasteiger partial charge in [0, 0.05) is 24.7 Å². The molecule has 0 saturated carbocycles. The van der Waals surface area contributed by atoms with E-state index in [9.17, 15) is 0 Å². The van der Waals surface area contributed by atoms with Crippen molar-refractivity contribution in [3.63, 3.8) is 0 Å². The highest BCUT2D eigenvalue weighted by atomic mass is 15.2. The third-order valence-corrected chi connectivity index (χ3v) is 3.33. The summed E-state index contributed by atoms with van der Waals surface area (Å²) in [6.45, 7) is 8.12. The number of hydrogen-bond acceptors (Lipinski definition) is 2. The Morgan fingerprint density at radius 2 is 2.15 bits per heavy atom. The van der Waals surface area contributed by atoms with Gasteiger partial charge in [0.25, 0.3) is 0 Å². The highest BCUT2D eigenvalue weighted by Crippen LogP contribution is 2.27. The first kappa shape index (κ1) is 11.0. The second-order valence-corrected chi connectivity index (χ2v) is 4.34. The van der Waals surface area contributed by atoms with Crippen LogP contribution >= 0.6 is 0 Å². The Morgan fingerprint density at radius 3 is 2.69 bits per heavy atom. The van der Waals surface area contributed by atoms with E-state index in [-0.39, 0.29) is 0 Å². The predicted octanol–water partition coefficient (Wildman–Crippen LogP) is 1.86. The third kappa shape index (κ3) is 2.44. The fraction of sp³-hybridized carbons (Fsp3) is 1.00. The van der Waals surface area contributed by atoms with Gasteiger partial charge >= 0.3 is 0 Å². The summed E-state index contributed by atoms with van der Waals surface area (Å²) in [5.74, 6) is 0. The lowest BCUT2D eigenvalue weighted by molar-refractivity contribution is 0.142. The molecule has 0 spiro atoms.